The van der Waals surface area contributed by atoms with Gasteiger partial charge in [0.1, 0.15) is 6.04 Å². The lowest BCUT2D eigenvalue weighted by Crippen LogP contribution is -2.55. The number of rotatable bonds is 6. The summed E-state index contributed by atoms with van der Waals surface area (Å²) < 4.78 is 37.6. The molecule has 2 aliphatic rings. The fourth-order valence-electron chi connectivity index (χ4n) is 3.30. The number of hydrogen-bond donors (Lipinski definition) is 2. The number of morpholine rings is 2. The smallest absolute Gasteiger partial charge is 0.240 e. The first-order valence-corrected chi connectivity index (χ1v) is 10.8. The third-order valence-corrected chi connectivity index (χ3v) is 6.70. The van der Waals surface area contributed by atoms with Crippen molar-refractivity contribution < 1.29 is 22.7 Å². The third-order valence-electron chi connectivity index (χ3n) is 4.87. The summed E-state index contributed by atoms with van der Waals surface area (Å²) in [4.78, 5) is 12.4. The molecule has 3 rings (SSSR count). The van der Waals surface area contributed by atoms with E-state index in [9.17, 15) is 13.2 Å². The van der Waals surface area contributed by atoms with Crippen molar-refractivity contribution in [2.45, 2.75) is 31.4 Å². The number of benzene rings is 1. The largest absolute Gasteiger partial charge is 0.379 e. The van der Waals surface area contributed by atoms with Crippen molar-refractivity contribution in [1.82, 2.24) is 14.9 Å². The zero-order valence-corrected chi connectivity index (χ0v) is 16.3. The average molecular weight is 397 g/mol. The summed E-state index contributed by atoms with van der Waals surface area (Å²) in [5.41, 5.74) is 1.50. The summed E-state index contributed by atoms with van der Waals surface area (Å²) >= 11 is 0. The van der Waals surface area contributed by atoms with Crippen molar-refractivity contribution in [1.29, 1.82) is 0 Å². The van der Waals surface area contributed by atoms with E-state index < -0.39 is 16.1 Å². The van der Waals surface area contributed by atoms with Gasteiger partial charge < -0.3 is 20.1 Å². The normalized spacial score (nSPS) is 24.5. The molecule has 0 aromatic heterocycles. The Labute approximate surface area is 160 Å². The van der Waals surface area contributed by atoms with Gasteiger partial charge in [0.15, 0.2) is 0 Å². The van der Waals surface area contributed by atoms with Gasteiger partial charge in [0.05, 0.1) is 31.7 Å². The van der Waals surface area contributed by atoms with E-state index in [1.807, 2.05) is 25.1 Å². The third kappa shape index (κ3) is 5.26. The lowest BCUT2D eigenvalue weighted by molar-refractivity contribution is -0.129. The summed E-state index contributed by atoms with van der Waals surface area (Å²) in [7, 11) is -3.42. The minimum Gasteiger partial charge on any atom is -0.379 e. The molecule has 150 valence electrons. The maximum Gasteiger partial charge on any atom is 0.240 e. The molecule has 2 N–H and O–H groups in total. The Morgan fingerprint density at radius 2 is 1.93 bits per heavy atom. The lowest BCUT2D eigenvalue weighted by Gasteiger charge is -2.29. The number of nitrogens with zero attached hydrogens (tertiary/aromatic N) is 1. The maximum atomic E-state index is 12.7. The molecule has 0 aliphatic carbocycles. The van der Waals surface area contributed by atoms with Crippen LogP contribution in [0.5, 0.6) is 0 Å². The van der Waals surface area contributed by atoms with E-state index in [1.54, 1.807) is 6.07 Å². The first-order valence-electron chi connectivity index (χ1n) is 9.22. The van der Waals surface area contributed by atoms with Crippen molar-refractivity contribution >= 4 is 15.9 Å². The van der Waals surface area contributed by atoms with Crippen LogP contribution in [0.3, 0.4) is 0 Å². The molecule has 2 aliphatic heterocycles. The summed E-state index contributed by atoms with van der Waals surface area (Å²) in [6.07, 6.45) is -0.198. The zero-order valence-electron chi connectivity index (χ0n) is 15.5. The molecule has 1 aromatic carbocycles. The molecular weight excluding hydrogens is 370 g/mol. The molecule has 2 saturated heterocycles. The number of amides is 1. The van der Waals surface area contributed by atoms with Crippen LogP contribution in [0.1, 0.15) is 18.1 Å². The van der Waals surface area contributed by atoms with Crippen LogP contribution in [0.4, 0.5) is 0 Å². The number of ether oxygens (including phenoxy) is 2. The first kappa shape index (κ1) is 20.2. The molecule has 1 amide bonds. The number of carbonyl (C=O) groups excluding carboxylic acids is 1. The Bertz CT molecular complexity index is 749. The second kappa shape index (κ2) is 9.11. The summed E-state index contributed by atoms with van der Waals surface area (Å²) in [6, 6.07) is 6.90. The first-order chi connectivity index (χ1) is 13.0. The van der Waals surface area contributed by atoms with Gasteiger partial charge in [-0.25, -0.2) is 8.42 Å². The Balaban J connectivity index is 1.64. The van der Waals surface area contributed by atoms with Crippen molar-refractivity contribution in [3.8, 4) is 0 Å². The zero-order chi connectivity index (χ0) is 19.3. The van der Waals surface area contributed by atoms with Gasteiger partial charge in [-0.15, -0.1) is 0 Å². The SMILES string of the molecule is C[C@H]1OCCN[C@@H]1C(=O)NCc1ccccc1CS(=O)(=O)N1CCOCC1. The molecule has 8 nitrogen and oxygen atoms in total. The highest BCUT2D eigenvalue weighted by atomic mass is 32.2. The van der Waals surface area contributed by atoms with Crippen molar-refractivity contribution in [3.63, 3.8) is 0 Å². The van der Waals surface area contributed by atoms with Gasteiger partial charge in [-0.2, -0.15) is 4.31 Å². The quantitative estimate of drug-likeness (QED) is 0.693. The van der Waals surface area contributed by atoms with E-state index in [0.717, 1.165) is 5.56 Å². The number of carbonyl (C=O) groups is 1. The van der Waals surface area contributed by atoms with Gasteiger partial charge >= 0.3 is 0 Å². The second-order valence-electron chi connectivity index (χ2n) is 6.76. The van der Waals surface area contributed by atoms with E-state index in [4.69, 9.17) is 9.47 Å². The Morgan fingerprint density at radius 3 is 2.63 bits per heavy atom. The Hall–Kier alpha value is -1.52. The topological polar surface area (TPSA) is 97.0 Å². The number of sulfonamides is 1. The predicted molar refractivity (Wildman–Crippen MR) is 101 cm³/mol. The minimum atomic E-state index is -3.42. The minimum absolute atomic E-state index is 0.0831. The molecule has 0 bridgehead atoms. The Kier molecular flexibility index (Phi) is 6.83. The monoisotopic (exact) mass is 397 g/mol. The summed E-state index contributed by atoms with van der Waals surface area (Å²) in [5.74, 6) is -0.228. The Morgan fingerprint density at radius 1 is 1.22 bits per heavy atom. The van der Waals surface area contributed by atoms with Crippen LogP contribution in [0.15, 0.2) is 24.3 Å². The van der Waals surface area contributed by atoms with Crippen LogP contribution in [-0.2, 0) is 36.6 Å². The fourth-order valence-corrected chi connectivity index (χ4v) is 4.87. The van der Waals surface area contributed by atoms with Gasteiger partial charge in [-0.05, 0) is 18.1 Å². The summed E-state index contributed by atoms with van der Waals surface area (Å²) in [6.45, 7) is 4.97. The van der Waals surface area contributed by atoms with Crippen molar-refractivity contribution in [3.05, 3.63) is 35.4 Å². The van der Waals surface area contributed by atoms with Gasteiger partial charge in [-0.1, -0.05) is 24.3 Å². The van der Waals surface area contributed by atoms with Crippen LogP contribution in [0, 0.1) is 0 Å². The molecule has 0 spiro atoms. The number of nitrogens with one attached hydrogen (secondary N) is 2. The average Bonchev–Trinajstić information content (AvgIpc) is 2.68. The molecule has 2 fully saturated rings. The molecule has 27 heavy (non-hydrogen) atoms. The van der Waals surface area contributed by atoms with Crippen LogP contribution in [0.2, 0.25) is 0 Å². The van der Waals surface area contributed by atoms with E-state index >= 15 is 0 Å². The van der Waals surface area contributed by atoms with E-state index in [2.05, 4.69) is 10.6 Å². The van der Waals surface area contributed by atoms with E-state index in [0.29, 0.717) is 45.0 Å². The maximum absolute atomic E-state index is 12.7. The number of hydrogen-bond acceptors (Lipinski definition) is 6. The lowest BCUT2D eigenvalue weighted by atomic mass is 10.1. The molecule has 2 atom stereocenters. The second-order valence-corrected chi connectivity index (χ2v) is 8.73. The highest BCUT2D eigenvalue weighted by Gasteiger charge is 2.29. The van der Waals surface area contributed by atoms with Gasteiger partial charge in [-0.3, -0.25) is 4.79 Å². The molecular formula is C18H27N3O5S. The van der Waals surface area contributed by atoms with Gasteiger partial charge in [0.2, 0.25) is 15.9 Å². The van der Waals surface area contributed by atoms with Crippen LogP contribution in [0.25, 0.3) is 0 Å². The molecule has 0 radical (unpaired) electrons. The van der Waals surface area contributed by atoms with Crippen molar-refractivity contribution in [2.75, 3.05) is 39.5 Å². The van der Waals surface area contributed by atoms with E-state index in [-0.39, 0.29) is 24.3 Å². The standard InChI is InChI=1S/C18H27N3O5S/c1-14-17(19-6-9-26-14)18(22)20-12-15-4-2-3-5-16(15)13-27(23,24)21-7-10-25-11-8-21/h2-5,14,17,19H,6-13H2,1H3,(H,20,22)/t14-,17+/m1/s1. The molecule has 2 heterocycles. The van der Waals surface area contributed by atoms with Crippen LogP contribution in [-0.4, -0.2) is 70.2 Å². The highest BCUT2D eigenvalue weighted by Crippen LogP contribution is 2.17. The molecule has 1 aromatic rings. The highest BCUT2D eigenvalue weighted by molar-refractivity contribution is 7.88. The van der Waals surface area contributed by atoms with Crippen LogP contribution >= 0.6 is 0 Å². The van der Waals surface area contributed by atoms with Gasteiger partial charge in [0, 0.05) is 26.2 Å². The fraction of sp³-hybridized carbons (Fsp3) is 0.611. The van der Waals surface area contributed by atoms with Gasteiger partial charge in [0.25, 0.3) is 0 Å². The molecule has 0 saturated carbocycles. The molecule has 9 heteroatoms. The van der Waals surface area contributed by atoms with E-state index in [1.165, 1.54) is 4.31 Å². The van der Waals surface area contributed by atoms with Crippen molar-refractivity contribution in [2.24, 2.45) is 0 Å². The molecule has 0 unspecified atom stereocenters. The predicted octanol–water partition coefficient (Wildman–Crippen LogP) is -0.158. The van der Waals surface area contributed by atoms with Crippen LogP contribution < -0.4 is 10.6 Å². The summed E-state index contributed by atoms with van der Waals surface area (Å²) in [5, 5.41) is 6.04.